The molecule has 0 aromatic heterocycles. The maximum Gasteiger partial charge on any atom is 0.258 e. The summed E-state index contributed by atoms with van der Waals surface area (Å²) in [6.07, 6.45) is 2.75. The van der Waals surface area contributed by atoms with Gasteiger partial charge in [0.1, 0.15) is 18.1 Å². The third kappa shape index (κ3) is 7.33. The van der Waals surface area contributed by atoms with Crippen LogP contribution in [0.3, 0.4) is 0 Å². The van der Waals surface area contributed by atoms with Crippen molar-refractivity contribution in [1.29, 1.82) is 0 Å². The molecule has 3 aromatic carbocycles. The monoisotopic (exact) mass is 487 g/mol. The van der Waals surface area contributed by atoms with Crippen molar-refractivity contribution in [3.8, 4) is 11.5 Å². The van der Waals surface area contributed by atoms with Crippen LogP contribution in [0, 0.1) is 0 Å². The minimum absolute atomic E-state index is 0.00760. The van der Waals surface area contributed by atoms with Gasteiger partial charge in [-0.15, -0.1) is 0 Å². The van der Waals surface area contributed by atoms with Crippen molar-refractivity contribution in [3.63, 3.8) is 0 Å². The lowest BCUT2D eigenvalue weighted by Crippen LogP contribution is -2.30. The summed E-state index contributed by atoms with van der Waals surface area (Å²) in [6.45, 7) is 0.672. The number of hydrogen-bond donors (Lipinski definition) is 3. The Morgan fingerprint density at radius 2 is 1.67 bits per heavy atom. The summed E-state index contributed by atoms with van der Waals surface area (Å²) in [5.74, 6) is 0.188. The highest BCUT2D eigenvalue weighted by Gasteiger charge is 2.23. The van der Waals surface area contributed by atoms with E-state index in [0.29, 0.717) is 41.6 Å². The predicted molar refractivity (Wildman–Crippen MR) is 135 cm³/mol. The molecule has 36 heavy (non-hydrogen) atoms. The summed E-state index contributed by atoms with van der Waals surface area (Å²) in [4.78, 5) is 35.9. The molecular weight excluding hydrogens is 458 g/mol. The Balaban J connectivity index is 1.22. The van der Waals surface area contributed by atoms with Gasteiger partial charge >= 0.3 is 0 Å². The second-order valence-electron chi connectivity index (χ2n) is 8.63. The van der Waals surface area contributed by atoms with Gasteiger partial charge in [0.2, 0.25) is 0 Å². The van der Waals surface area contributed by atoms with Crippen molar-refractivity contribution in [2.24, 2.45) is 5.73 Å². The third-order valence-corrected chi connectivity index (χ3v) is 5.67. The summed E-state index contributed by atoms with van der Waals surface area (Å²) in [6, 6.07) is 21.7. The van der Waals surface area contributed by atoms with Gasteiger partial charge in [0.05, 0.1) is 5.56 Å². The van der Waals surface area contributed by atoms with Gasteiger partial charge in [0.25, 0.3) is 17.7 Å². The Morgan fingerprint density at radius 1 is 0.889 bits per heavy atom. The van der Waals surface area contributed by atoms with E-state index < -0.39 is 5.91 Å². The van der Waals surface area contributed by atoms with Crippen LogP contribution in [0.2, 0.25) is 0 Å². The van der Waals surface area contributed by atoms with Gasteiger partial charge in [-0.3, -0.25) is 14.4 Å². The molecule has 4 rings (SSSR count). The van der Waals surface area contributed by atoms with Gasteiger partial charge in [-0.2, -0.15) is 0 Å². The zero-order chi connectivity index (χ0) is 25.3. The second kappa shape index (κ2) is 11.9. The molecule has 0 radical (unpaired) electrons. The van der Waals surface area contributed by atoms with Crippen molar-refractivity contribution >= 4 is 17.7 Å². The fourth-order valence-corrected chi connectivity index (χ4v) is 3.58. The molecule has 0 saturated heterocycles. The van der Waals surface area contributed by atoms with E-state index in [9.17, 15) is 14.4 Å². The number of carbonyl (C=O) groups is 3. The molecule has 4 N–H and O–H groups in total. The molecule has 3 amide bonds. The predicted octanol–water partition coefficient (Wildman–Crippen LogP) is 2.99. The molecular formula is C28H29N3O5. The Morgan fingerprint density at radius 3 is 2.42 bits per heavy atom. The zero-order valence-corrected chi connectivity index (χ0v) is 19.9. The number of para-hydroxylation sites is 1. The van der Waals surface area contributed by atoms with E-state index in [1.54, 1.807) is 42.5 Å². The maximum absolute atomic E-state index is 12.6. The fourth-order valence-electron chi connectivity index (χ4n) is 3.58. The van der Waals surface area contributed by atoms with E-state index >= 15 is 0 Å². The molecule has 8 nitrogen and oxygen atoms in total. The second-order valence-corrected chi connectivity index (χ2v) is 8.63. The number of hydrogen-bond acceptors (Lipinski definition) is 5. The molecule has 3 aromatic rings. The Labute approximate surface area is 209 Å². The van der Waals surface area contributed by atoms with Crippen LogP contribution in [0.4, 0.5) is 0 Å². The number of primary amides is 1. The molecule has 0 heterocycles. The first-order valence-electron chi connectivity index (χ1n) is 11.9. The smallest absolute Gasteiger partial charge is 0.258 e. The average Bonchev–Trinajstić information content (AvgIpc) is 3.71. The molecule has 1 aliphatic carbocycles. The molecule has 8 heteroatoms. The van der Waals surface area contributed by atoms with E-state index in [2.05, 4.69) is 10.6 Å². The van der Waals surface area contributed by atoms with Crippen molar-refractivity contribution in [1.82, 2.24) is 10.6 Å². The molecule has 0 bridgehead atoms. The summed E-state index contributed by atoms with van der Waals surface area (Å²) in [7, 11) is 0. The average molecular weight is 488 g/mol. The largest absolute Gasteiger partial charge is 0.488 e. The van der Waals surface area contributed by atoms with Crippen LogP contribution in [-0.2, 0) is 17.8 Å². The van der Waals surface area contributed by atoms with Crippen LogP contribution < -0.4 is 25.8 Å². The Hall–Kier alpha value is -4.33. The van der Waals surface area contributed by atoms with Crippen LogP contribution >= 0.6 is 0 Å². The van der Waals surface area contributed by atoms with Gasteiger partial charge in [0.15, 0.2) is 6.61 Å². The first-order valence-corrected chi connectivity index (χ1v) is 11.9. The first kappa shape index (κ1) is 24.8. The van der Waals surface area contributed by atoms with E-state index in [4.69, 9.17) is 15.2 Å². The van der Waals surface area contributed by atoms with Gasteiger partial charge in [-0.1, -0.05) is 36.4 Å². The minimum atomic E-state index is -0.558. The number of rotatable bonds is 12. The highest BCUT2D eigenvalue weighted by Crippen LogP contribution is 2.20. The Bertz CT molecular complexity index is 1220. The molecule has 1 saturated carbocycles. The number of nitrogens with two attached hydrogens (primary N) is 1. The van der Waals surface area contributed by atoms with Crippen molar-refractivity contribution in [3.05, 3.63) is 95.1 Å². The molecule has 1 aliphatic rings. The van der Waals surface area contributed by atoms with Gasteiger partial charge in [-0.05, 0) is 66.8 Å². The van der Waals surface area contributed by atoms with Crippen LogP contribution in [0.5, 0.6) is 11.5 Å². The molecule has 186 valence electrons. The number of ether oxygens (including phenoxy) is 2. The summed E-state index contributed by atoms with van der Waals surface area (Å²) < 4.78 is 11.3. The Kier molecular flexibility index (Phi) is 8.18. The molecule has 0 spiro atoms. The number of carbonyl (C=O) groups excluding carboxylic acids is 3. The maximum atomic E-state index is 12.6. The summed E-state index contributed by atoms with van der Waals surface area (Å²) in [5, 5.41) is 5.81. The zero-order valence-electron chi connectivity index (χ0n) is 19.9. The molecule has 0 aliphatic heterocycles. The standard InChI is InChI=1S/C28H29N3O5/c29-27(33)24-6-1-2-7-25(24)36-17-20-4-3-5-21(16-20)28(34)30-15-14-19-8-12-23(13-9-19)35-18-26(32)31-22-10-11-22/h1-9,12-13,16,22H,10-11,14-15,17-18H2,(H2,29,33)(H,30,34)(H,31,32). The van der Waals surface area contributed by atoms with Gasteiger partial charge in [0, 0.05) is 18.2 Å². The van der Waals surface area contributed by atoms with Crippen LogP contribution in [0.25, 0.3) is 0 Å². The van der Waals surface area contributed by atoms with Crippen molar-refractivity contribution in [2.45, 2.75) is 31.9 Å². The lowest BCUT2D eigenvalue weighted by molar-refractivity contribution is -0.123. The SMILES string of the molecule is NC(=O)c1ccccc1OCc1cccc(C(=O)NCCc2ccc(OCC(=O)NC3CC3)cc2)c1. The van der Waals surface area contributed by atoms with Crippen LogP contribution in [0.15, 0.2) is 72.8 Å². The lowest BCUT2D eigenvalue weighted by atomic mass is 10.1. The van der Waals surface area contributed by atoms with Crippen molar-refractivity contribution in [2.75, 3.05) is 13.2 Å². The number of nitrogens with one attached hydrogen (secondary N) is 2. The van der Waals surface area contributed by atoms with Gasteiger partial charge in [-0.25, -0.2) is 0 Å². The number of amides is 3. The molecule has 0 unspecified atom stereocenters. The molecule has 0 atom stereocenters. The lowest BCUT2D eigenvalue weighted by Gasteiger charge is -2.11. The van der Waals surface area contributed by atoms with Crippen LogP contribution in [-0.4, -0.2) is 36.9 Å². The highest BCUT2D eigenvalue weighted by atomic mass is 16.5. The first-order chi connectivity index (χ1) is 17.5. The number of benzene rings is 3. The van der Waals surface area contributed by atoms with Gasteiger partial charge < -0.3 is 25.8 Å². The topological polar surface area (TPSA) is 120 Å². The quantitative estimate of drug-likeness (QED) is 0.363. The van der Waals surface area contributed by atoms with E-state index in [0.717, 1.165) is 24.0 Å². The minimum Gasteiger partial charge on any atom is -0.488 e. The fraction of sp³-hybridized carbons (Fsp3) is 0.250. The molecule has 1 fully saturated rings. The van der Waals surface area contributed by atoms with E-state index in [1.165, 1.54) is 0 Å². The summed E-state index contributed by atoms with van der Waals surface area (Å²) in [5.41, 5.74) is 8.06. The highest BCUT2D eigenvalue weighted by molar-refractivity contribution is 5.95. The summed E-state index contributed by atoms with van der Waals surface area (Å²) >= 11 is 0. The van der Waals surface area contributed by atoms with E-state index in [1.807, 2.05) is 30.3 Å². The normalized spacial score (nSPS) is 12.4. The van der Waals surface area contributed by atoms with E-state index in [-0.39, 0.29) is 25.0 Å². The third-order valence-electron chi connectivity index (χ3n) is 5.67. The van der Waals surface area contributed by atoms with Crippen molar-refractivity contribution < 1.29 is 23.9 Å². The van der Waals surface area contributed by atoms with Crippen LogP contribution in [0.1, 0.15) is 44.7 Å².